The minimum atomic E-state index is -0.191. The summed E-state index contributed by atoms with van der Waals surface area (Å²) in [6.07, 6.45) is 5.43. The minimum Gasteiger partial charge on any atom is -0.373 e. The maximum atomic E-state index is 12.2. The normalized spacial score (nSPS) is 14.9. The van der Waals surface area contributed by atoms with Crippen LogP contribution in [-0.2, 0) is 11.2 Å². The van der Waals surface area contributed by atoms with Crippen LogP contribution in [0.4, 0.5) is 5.82 Å². The third-order valence-electron chi connectivity index (χ3n) is 5.07. The first-order valence-corrected chi connectivity index (χ1v) is 9.59. The molecule has 0 bridgehead atoms. The fraction of sp³-hybridized carbons (Fsp3) is 0.381. The molecule has 1 aromatic carbocycles. The van der Waals surface area contributed by atoms with Gasteiger partial charge >= 0.3 is 0 Å². The van der Waals surface area contributed by atoms with Crippen LogP contribution in [0.5, 0.6) is 0 Å². The Bertz CT molecular complexity index is 960. The van der Waals surface area contributed by atoms with Crippen molar-refractivity contribution in [3.63, 3.8) is 0 Å². The minimum absolute atomic E-state index is 0.0254. The van der Waals surface area contributed by atoms with E-state index >= 15 is 0 Å². The number of hydrogen-bond acceptors (Lipinski definition) is 4. The van der Waals surface area contributed by atoms with Crippen molar-refractivity contribution in [1.29, 1.82) is 0 Å². The van der Waals surface area contributed by atoms with Gasteiger partial charge in [0.25, 0.3) is 0 Å². The number of amides is 1. The number of para-hydroxylation sites is 1. The van der Waals surface area contributed by atoms with E-state index < -0.39 is 0 Å². The number of carbonyl (C=O) groups excluding carboxylic acids is 1. The summed E-state index contributed by atoms with van der Waals surface area (Å²) < 4.78 is 0. The van der Waals surface area contributed by atoms with Gasteiger partial charge in [0.15, 0.2) is 0 Å². The molecule has 1 aliphatic rings. The van der Waals surface area contributed by atoms with Gasteiger partial charge in [-0.25, -0.2) is 9.97 Å². The lowest BCUT2D eigenvalue weighted by atomic mass is 10.0. The fourth-order valence-electron chi connectivity index (χ4n) is 3.36. The first-order valence-electron chi connectivity index (χ1n) is 9.59. The zero-order chi connectivity index (χ0) is 18.8. The maximum absolute atomic E-state index is 12.2. The van der Waals surface area contributed by atoms with Gasteiger partial charge in [-0.3, -0.25) is 4.79 Å². The van der Waals surface area contributed by atoms with Crippen molar-refractivity contribution in [3.05, 3.63) is 53.6 Å². The predicted octanol–water partition coefficient (Wildman–Crippen LogP) is 3.69. The van der Waals surface area contributed by atoms with Gasteiger partial charge in [-0.2, -0.15) is 0 Å². The number of aromatic nitrogens is 3. The van der Waals surface area contributed by atoms with Crippen molar-refractivity contribution in [3.8, 4) is 0 Å². The quantitative estimate of drug-likeness (QED) is 0.598. The van der Waals surface area contributed by atoms with Gasteiger partial charge in [-0.1, -0.05) is 25.1 Å². The predicted molar refractivity (Wildman–Crippen MR) is 107 cm³/mol. The second-order valence-corrected chi connectivity index (χ2v) is 7.10. The van der Waals surface area contributed by atoms with Crippen molar-refractivity contribution in [2.45, 2.75) is 44.6 Å². The van der Waals surface area contributed by atoms with Crippen molar-refractivity contribution >= 4 is 22.6 Å². The zero-order valence-electron chi connectivity index (χ0n) is 15.7. The number of rotatable bonds is 7. The van der Waals surface area contributed by atoms with Gasteiger partial charge in [-0.05, 0) is 24.5 Å². The molecule has 140 valence electrons. The molecule has 1 fully saturated rings. The molecule has 2 aromatic heterocycles. The lowest BCUT2D eigenvalue weighted by Crippen LogP contribution is -2.30. The Hall–Kier alpha value is -2.89. The molecule has 1 unspecified atom stereocenters. The summed E-state index contributed by atoms with van der Waals surface area (Å²) in [5, 5.41) is 7.46. The number of nitrogens with zero attached hydrogens (tertiary/aromatic N) is 2. The Morgan fingerprint density at radius 2 is 2.11 bits per heavy atom. The van der Waals surface area contributed by atoms with Crippen LogP contribution >= 0.6 is 0 Å². The molecule has 0 aliphatic heterocycles. The van der Waals surface area contributed by atoms with Crippen LogP contribution in [0, 0.1) is 0 Å². The molecule has 2 heterocycles. The summed E-state index contributed by atoms with van der Waals surface area (Å²) in [4.78, 5) is 24.9. The van der Waals surface area contributed by atoms with Crippen molar-refractivity contribution in [2.75, 3.05) is 12.4 Å². The van der Waals surface area contributed by atoms with Crippen molar-refractivity contribution < 1.29 is 4.79 Å². The average molecular weight is 363 g/mol. The molecule has 3 aromatic rings. The van der Waals surface area contributed by atoms with Crippen LogP contribution < -0.4 is 10.6 Å². The smallest absolute Gasteiger partial charge is 0.220 e. The number of fused-ring (bicyclic) bond motifs is 1. The van der Waals surface area contributed by atoms with Gasteiger partial charge in [0, 0.05) is 49.0 Å². The third kappa shape index (κ3) is 3.79. The Kier molecular flexibility index (Phi) is 4.79. The van der Waals surface area contributed by atoms with Crippen molar-refractivity contribution in [2.24, 2.45) is 0 Å². The Morgan fingerprint density at radius 3 is 2.85 bits per heavy atom. The number of anilines is 1. The summed E-state index contributed by atoms with van der Waals surface area (Å²) in [6.45, 7) is 1.87. The first kappa shape index (κ1) is 17.5. The molecule has 27 heavy (non-hydrogen) atoms. The lowest BCUT2D eigenvalue weighted by molar-refractivity contribution is -0.121. The molecular weight excluding hydrogens is 338 g/mol. The second kappa shape index (κ2) is 7.39. The monoisotopic (exact) mass is 363 g/mol. The van der Waals surface area contributed by atoms with Crippen LogP contribution in [0.1, 0.15) is 55.2 Å². The van der Waals surface area contributed by atoms with E-state index in [2.05, 4.69) is 32.7 Å². The molecule has 0 radical (unpaired) electrons. The molecule has 1 amide bonds. The average Bonchev–Trinajstić information content (AvgIpc) is 3.48. The van der Waals surface area contributed by atoms with E-state index in [0.29, 0.717) is 18.8 Å². The van der Waals surface area contributed by atoms with Gasteiger partial charge in [0.1, 0.15) is 11.6 Å². The van der Waals surface area contributed by atoms with Crippen LogP contribution in [0.25, 0.3) is 10.9 Å². The molecule has 1 aliphatic carbocycles. The van der Waals surface area contributed by atoms with Gasteiger partial charge in [0.05, 0.1) is 11.7 Å². The number of aromatic amines is 1. The van der Waals surface area contributed by atoms with Crippen LogP contribution in [0.3, 0.4) is 0 Å². The Morgan fingerprint density at radius 1 is 1.30 bits per heavy atom. The van der Waals surface area contributed by atoms with E-state index in [0.717, 1.165) is 35.7 Å². The van der Waals surface area contributed by atoms with E-state index in [1.165, 1.54) is 10.9 Å². The third-order valence-corrected chi connectivity index (χ3v) is 5.07. The molecule has 1 saturated carbocycles. The molecule has 6 heteroatoms. The van der Waals surface area contributed by atoms with E-state index in [1.807, 2.05) is 38.4 Å². The summed E-state index contributed by atoms with van der Waals surface area (Å²) in [5.74, 6) is 2.16. The van der Waals surface area contributed by atoms with Gasteiger partial charge in [-0.15, -0.1) is 0 Å². The molecule has 1 atom stereocenters. The van der Waals surface area contributed by atoms with Gasteiger partial charge < -0.3 is 15.6 Å². The largest absolute Gasteiger partial charge is 0.373 e. The Balaban J connectivity index is 1.70. The summed E-state index contributed by atoms with van der Waals surface area (Å²) in [7, 11) is 1.86. The highest BCUT2D eigenvalue weighted by Crippen LogP contribution is 2.39. The molecule has 4 rings (SSSR count). The standard InChI is InChI=1S/C21H25N5O/c1-3-20(27)24-17(10-14-12-23-16-7-5-4-6-15(14)16)18-11-19(22-2)26-21(25-18)13-8-9-13/h4-7,11-13,17,23H,3,8-10H2,1-2H3,(H,24,27)(H,22,25,26). The SMILES string of the molecule is CCC(=O)NC(Cc1c[nH]c2ccccc12)c1cc(NC)nc(C2CC2)n1. The molecule has 6 nitrogen and oxygen atoms in total. The molecular formula is C21H25N5O. The first-order chi connectivity index (χ1) is 13.2. The summed E-state index contributed by atoms with van der Waals surface area (Å²) >= 11 is 0. The van der Waals surface area contributed by atoms with Gasteiger partial charge in [0.2, 0.25) is 5.91 Å². The summed E-state index contributed by atoms with van der Waals surface area (Å²) in [5.41, 5.74) is 3.14. The number of hydrogen-bond donors (Lipinski definition) is 3. The highest BCUT2D eigenvalue weighted by atomic mass is 16.1. The van der Waals surface area contributed by atoms with Crippen LogP contribution in [0.15, 0.2) is 36.5 Å². The van der Waals surface area contributed by atoms with E-state index in [1.54, 1.807) is 0 Å². The fourth-order valence-corrected chi connectivity index (χ4v) is 3.36. The lowest BCUT2D eigenvalue weighted by Gasteiger charge is -2.19. The number of carbonyl (C=O) groups is 1. The highest BCUT2D eigenvalue weighted by Gasteiger charge is 2.28. The van der Waals surface area contributed by atoms with Crippen molar-refractivity contribution in [1.82, 2.24) is 20.3 Å². The molecule has 0 spiro atoms. The van der Waals surface area contributed by atoms with Crippen LogP contribution in [0.2, 0.25) is 0 Å². The maximum Gasteiger partial charge on any atom is 0.220 e. The van der Waals surface area contributed by atoms with E-state index in [9.17, 15) is 4.79 Å². The highest BCUT2D eigenvalue weighted by molar-refractivity contribution is 5.83. The topological polar surface area (TPSA) is 82.7 Å². The number of H-pyrrole nitrogens is 1. The Labute approximate surface area is 158 Å². The summed E-state index contributed by atoms with van der Waals surface area (Å²) in [6, 6.07) is 9.98. The van der Waals surface area contributed by atoms with Crippen LogP contribution in [-0.4, -0.2) is 27.9 Å². The molecule has 0 saturated heterocycles. The second-order valence-electron chi connectivity index (χ2n) is 7.10. The number of benzene rings is 1. The number of nitrogens with one attached hydrogen (secondary N) is 3. The molecule has 3 N–H and O–H groups in total. The van der Waals surface area contributed by atoms with E-state index in [-0.39, 0.29) is 11.9 Å². The van der Waals surface area contributed by atoms with E-state index in [4.69, 9.17) is 4.98 Å². The zero-order valence-corrected chi connectivity index (χ0v) is 15.7.